The molecule has 2 nitrogen and oxygen atoms in total. The molecule has 1 rings (SSSR count). The normalized spacial score (nSPS) is 10.9. The van der Waals surface area contributed by atoms with Crippen LogP contribution in [0, 0.1) is 0 Å². The van der Waals surface area contributed by atoms with Gasteiger partial charge in [0.1, 0.15) is 0 Å². The van der Waals surface area contributed by atoms with Gasteiger partial charge in [0.25, 0.3) is 0 Å². The van der Waals surface area contributed by atoms with E-state index in [2.05, 4.69) is 36.4 Å². The molecule has 1 aromatic carbocycles. The lowest BCUT2D eigenvalue weighted by Gasteiger charge is -2.07. The Kier molecular flexibility index (Phi) is 6.85. The molecule has 0 aromatic heterocycles. The molecule has 1 N–H and O–H groups in total. The van der Waals surface area contributed by atoms with Crippen molar-refractivity contribution >= 4 is 5.97 Å². The lowest BCUT2D eigenvalue weighted by Crippen LogP contribution is -1.96. The SMILES string of the molecule is C/C=C/Cc1ccccc1CCCCCC(=O)O. The second-order valence-electron chi connectivity index (χ2n) is 4.50. The van der Waals surface area contributed by atoms with Crippen molar-refractivity contribution in [1.82, 2.24) is 0 Å². The Morgan fingerprint density at radius 1 is 1.17 bits per heavy atom. The average Bonchev–Trinajstić information content (AvgIpc) is 2.36. The zero-order valence-corrected chi connectivity index (χ0v) is 11.1. The van der Waals surface area contributed by atoms with E-state index in [1.807, 2.05) is 6.92 Å². The minimum absolute atomic E-state index is 0.292. The van der Waals surface area contributed by atoms with Crippen LogP contribution in [0.1, 0.15) is 43.7 Å². The van der Waals surface area contributed by atoms with Crippen molar-refractivity contribution < 1.29 is 9.90 Å². The molecular formula is C16H22O2. The molecule has 0 atom stereocenters. The first-order chi connectivity index (χ1) is 8.74. The molecule has 0 saturated heterocycles. The van der Waals surface area contributed by atoms with Gasteiger partial charge < -0.3 is 5.11 Å². The Bertz CT molecular complexity index is 394. The lowest BCUT2D eigenvalue weighted by molar-refractivity contribution is -0.137. The van der Waals surface area contributed by atoms with Gasteiger partial charge in [0, 0.05) is 6.42 Å². The van der Waals surface area contributed by atoms with Gasteiger partial charge in [-0.3, -0.25) is 4.79 Å². The van der Waals surface area contributed by atoms with Crippen LogP contribution in [0.25, 0.3) is 0 Å². The Labute approximate surface area is 109 Å². The molecule has 0 unspecified atom stereocenters. The number of carboxylic acid groups (broad SMARTS) is 1. The number of allylic oxidation sites excluding steroid dienone is 2. The van der Waals surface area contributed by atoms with E-state index < -0.39 is 5.97 Å². The van der Waals surface area contributed by atoms with Crippen LogP contribution < -0.4 is 0 Å². The Balaban J connectivity index is 2.38. The summed E-state index contributed by atoms with van der Waals surface area (Å²) in [7, 11) is 0. The smallest absolute Gasteiger partial charge is 0.303 e. The Morgan fingerprint density at radius 2 is 1.89 bits per heavy atom. The van der Waals surface area contributed by atoms with E-state index in [1.54, 1.807) is 0 Å². The molecule has 0 spiro atoms. The highest BCUT2D eigenvalue weighted by molar-refractivity contribution is 5.66. The molecule has 0 aliphatic carbocycles. The summed E-state index contributed by atoms with van der Waals surface area (Å²) < 4.78 is 0. The summed E-state index contributed by atoms with van der Waals surface area (Å²) in [6.07, 6.45) is 9.42. The van der Waals surface area contributed by atoms with E-state index in [0.29, 0.717) is 6.42 Å². The fourth-order valence-corrected chi connectivity index (χ4v) is 2.01. The van der Waals surface area contributed by atoms with Gasteiger partial charge in [-0.05, 0) is 43.7 Å². The molecule has 0 heterocycles. The molecule has 18 heavy (non-hydrogen) atoms. The number of aliphatic carboxylic acids is 1. The largest absolute Gasteiger partial charge is 0.481 e. The molecule has 1 aromatic rings. The third kappa shape index (κ3) is 5.67. The first-order valence-corrected chi connectivity index (χ1v) is 6.63. The maximum absolute atomic E-state index is 10.4. The van der Waals surface area contributed by atoms with Crippen LogP contribution in [-0.4, -0.2) is 11.1 Å². The van der Waals surface area contributed by atoms with Gasteiger partial charge in [-0.15, -0.1) is 0 Å². The monoisotopic (exact) mass is 246 g/mol. The van der Waals surface area contributed by atoms with Crippen molar-refractivity contribution in [3.63, 3.8) is 0 Å². The van der Waals surface area contributed by atoms with Crippen LogP contribution >= 0.6 is 0 Å². The highest BCUT2D eigenvalue weighted by Gasteiger charge is 2.01. The van der Waals surface area contributed by atoms with E-state index >= 15 is 0 Å². The van der Waals surface area contributed by atoms with Crippen LogP contribution in [0.2, 0.25) is 0 Å². The molecule has 0 radical (unpaired) electrons. The Morgan fingerprint density at radius 3 is 2.56 bits per heavy atom. The fourth-order valence-electron chi connectivity index (χ4n) is 2.01. The standard InChI is InChI=1S/C16H22O2/c1-2-3-9-14-11-7-8-12-15(14)10-5-4-6-13-16(17)18/h2-3,7-8,11-12H,4-6,9-10,13H2,1H3,(H,17,18)/b3-2+. The van der Waals surface area contributed by atoms with Crippen LogP contribution in [-0.2, 0) is 17.6 Å². The summed E-state index contributed by atoms with van der Waals surface area (Å²) in [5.74, 6) is -0.691. The second-order valence-corrected chi connectivity index (χ2v) is 4.50. The van der Waals surface area contributed by atoms with Gasteiger partial charge in [-0.1, -0.05) is 42.8 Å². The van der Waals surface area contributed by atoms with Gasteiger partial charge in [0.15, 0.2) is 0 Å². The van der Waals surface area contributed by atoms with E-state index in [4.69, 9.17) is 5.11 Å². The molecular weight excluding hydrogens is 224 g/mol. The van der Waals surface area contributed by atoms with Crippen LogP contribution in [0.4, 0.5) is 0 Å². The van der Waals surface area contributed by atoms with E-state index in [-0.39, 0.29) is 0 Å². The summed E-state index contributed by atoms with van der Waals surface area (Å²) in [4.78, 5) is 10.4. The highest BCUT2D eigenvalue weighted by atomic mass is 16.4. The Hall–Kier alpha value is -1.57. The number of hydrogen-bond donors (Lipinski definition) is 1. The number of aryl methyl sites for hydroxylation is 1. The minimum Gasteiger partial charge on any atom is -0.481 e. The first-order valence-electron chi connectivity index (χ1n) is 6.63. The van der Waals surface area contributed by atoms with Gasteiger partial charge in [-0.25, -0.2) is 0 Å². The fraction of sp³-hybridized carbons (Fsp3) is 0.438. The maximum atomic E-state index is 10.4. The van der Waals surface area contributed by atoms with Gasteiger partial charge in [-0.2, -0.15) is 0 Å². The second kappa shape index (κ2) is 8.51. The molecule has 0 fully saturated rings. The number of benzene rings is 1. The van der Waals surface area contributed by atoms with E-state index in [0.717, 1.165) is 32.1 Å². The lowest BCUT2D eigenvalue weighted by atomic mass is 9.99. The molecule has 98 valence electrons. The molecule has 0 amide bonds. The third-order valence-corrected chi connectivity index (χ3v) is 3.03. The van der Waals surface area contributed by atoms with Gasteiger partial charge >= 0.3 is 5.97 Å². The van der Waals surface area contributed by atoms with Gasteiger partial charge in [0.2, 0.25) is 0 Å². The average molecular weight is 246 g/mol. The van der Waals surface area contributed by atoms with E-state index in [1.165, 1.54) is 11.1 Å². The van der Waals surface area contributed by atoms with Crippen LogP contribution in [0.15, 0.2) is 36.4 Å². The number of rotatable bonds is 8. The number of carbonyl (C=O) groups is 1. The minimum atomic E-state index is -0.691. The number of carboxylic acids is 1. The van der Waals surface area contributed by atoms with Crippen LogP contribution in [0.3, 0.4) is 0 Å². The van der Waals surface area contributed by atoms with Crippen molar-refractivity contribution in [3.05, 3.63) is 47.5 Å². The molecule has 2 heteroatoms. The zero-order valence-electron chi connectivity index (χ0n) is 11.1. The molecule has 0 saturated carbocycles. The van der Waals surface area contributed by atoms with Crippen molar-refractivity contribution in [2.24, 2.45) is 0 Å². The van der Waals surface area contributed by atoms with Gasteiger partial charge in [0.05, 0.1) is 0 Å². The first kappa shape index (κ1) is 14.5. The van der Waals surface area contributed by atoms with Crippen LogP contribution in [0.5, 0.6) is 0 Å². The van der Waals surface area contributed by atoms with E-state index in [9.17, 15) is 4.79 Å². The molecule has 0 bridgehead atoms. The number of unbranched alkanes of at least 4 members (excludes halogenated alkanes) is 2. The number of hydrogen-bond acceptors (Lipinski definition) is 1. The zero-order chi connectivity index (χ0) is 13.2. The third-order valence-electron chi connectivity index (χ3n) is 3.03. The highest BCUT2D eigenvalue weighted by Crippen LogP contribution is 2.14. The summed E-state index contributed by atoms with van der Waals surface area (Å²) in [5, 5.41) is 8.56. The topological polar surface area (TPSA) is 37.3 Å². The summed E-state index contributed by atoms with van der Waals surface area (Å²) in [5.41, 5.74) is 2.78. The molecule has 0 aliphatic rings. The summed E-state index contributed by atoms with van der Waals surface area (Å²) in [6.45, 7) is 2.04. The van der Waals surface area contributed by atoms with Crippen molar-refractivity contribution in [2.75, 3.05) is 0 Å². The predicted molar refractivity (Wildman–Crippen MR) is 74.8 cm³/mol. The van der Waals surface area contributed by atoms with Crippen molar-refractivity contribution in [2.45, 2.75) is 45.4 Å². The molecule has 0 aliphatic heterocycles. The van der Waals surface area contributed by atoms with Crippen molar-refractivity contribution in [3.8, 4) is 0 Å². The summed E-state index contributed by atoms with van der Waals surface area (Å²) >= 11 is 0. The maximum Gasteiger partial charge on any atom is 0.303 e. The predicted octanol–water partition coefficient (Wildman–Crippen LogP) is 3.99. The summed E-state index contributed by atoms with van der Waals surface area (Å²) in [6, 6.07) is 8.50. The quantitative estimate of drug-likeness (QED) is 0.556. The van der Waals surface area contributed by atoms with Crippen molar-refractivity contribution in [1.29, 1.82) is 0 Å².